The summed E-state index contributed by atoms with van der Waals surface area (Å²) in [7, 11) is 2.97. The molecule has 0 aliphatic heterocycles. The fourth-order valence-corrected chi connectivity index (χ4v) is 1.86. The van der Waals surface area contributed by atoms with Crippen LogP contribution < -0.4 is 20.3 Å². The third-order valence-corrected chi connectivity index (χ3v) is 2.94. The van der Waals surface area contributed by atoms with E-state index in [1.54, 1.807) is 18.2 Å². The highest BCUT2D eigenvalue weighted by Crippen LogP contribution is 2.28. The van der Waals surface area contributed by atoms with Gasteiger partial charge in [0.2, 0.25) is 5.95 Å². The Bertz CT molecular complexity index is 744. The number of benzene rings is 1. The van der Waals surface area contributed by atoms with E-state index < -0.39 is 17.4 Å². The fraction of sp³-hybridized carbons (Fsp3) is 0.286. The van der Waals surface area contributed by atoms with Gasteiger partial charge in [-0.05, 0) is 17.7 Å². The lowest BCUT2D eigenvalue weighted by Crippen LogP contribution is -2.18. The molecule has 2 N–H and O–H groups in total. The van der Waals surface area contributed by atoms with E-state index in [0.717, 1.165) is 0 Å². The van der Waals surface area contributed by atoms with Crippen molar-refractivity contribution in [3.8, 4) is 11.5 Å². The number of halogens is 3. The normalized spacial score (nSPS) is 11.2. The summed E-state index contributed by atoms with van der Waals surface area (Å²) in [5.74, 6) is 0.749. The molecule has 9 heteroatoms. The zero-order valence-corrected chi connectivity index (χ0v) is 12.3. The van der Waals surface area contributed by atoms with Crippen LogP contribution in [0.25, 0.3) is 0 Å². The van der Waals surface area contributed by atoms with Gasteiger partial charge >= 0.3 is 6.18 Å². The predicted octanol–water partition coefficient (Wildman–Crippen LogP) is 2.42. The van der Waals surface area contributed by atoms with Crippen molar-refractivity contribution in [3.05, 3.63) is 45.9 Å². The maximum absolute atomic E-state index is 12.6. The standard InChI is InChI=1S/C14H14F3N3O3/c1-22-9-4-3-8(5-10(9)23-2)7-18-13-19-11(14(15,16)17)6-12(21)20-13/h3-6H,7H2,1-2H3,(H2,18,19,20,21). The lowest BCUT2D eigenvalue weighted by atomic mass is 10.2. The molecule has 0 aliphatic rings. The van der Waals surface area contributed by atoms with Crippen molar-refractivity contribution in [2.24, 2.45) is 0 Å². The van der Waals surface area contributed by atoms with Gasteiger partial charge in [-0.2, -0.15) is 13.2 Å². The maximum atomic E-state index is 12.6. The molecule has 6 nitrogen and oxygen atoms in total. The van der Waals surface area contributed by atoms with Crippen molar-refractivity contribution in [1.82, 2.24) is 9.97 Å². The van der Waals surface area contributed by atoms with Gasteiger partial charge in [0.25, 0.3) is 5.56 Å². The highest BCUT2D eigenvalue weighted by atomic mass is 19.4. The minimum absolute atomic E-state index is 0.143. The summed E-state index contributed by atoms with van der Waals surface area (Å²) < 4.78 is 48.1. The van der Waals surface area contributed by atoms with Crippen LogP contribution in [-0.4, -0.2) is 24.2 Å². The Labute approximate surface area is 129 Å². The number of alkyl halides is 3. The zero-order chi connectivity index (χ0) is 17.0. The Kier molecular flexibility index (Phi) is 4.77. The summed E-state index contributed by atoms with van der Waals surface area (Å²) in [6, 6.07) is 5.44. The van der Waals surface area contributed by atoms with E-state index in [-0.39, 0.29) is 12.5 Å². The number of ether oxygens (including phenoxy) is 2. The number of hydrogen-bond acceptors (Lipinski definition) is 5. The molecule has 23 heavy (non-hydrogen) atoms. The molecule has 1 aromatic heterocycles. The van der Waals surface area contributed by atoms with Crippen molar-refractivity contribution < 1.29 is 22.6 Å². The monoisotopic (exact) mass is 329 g/mol. The molecule has 2 rings (SSSR count). The summed E-state index contributed by atoms with van der Waals surface area (Å²) in [5.41, 5.74) is -1.43. The second-order valence-corrected chi connectivity index (χ2v) is 4.52. The van der Waals surface area contributed by atoms with Crippen molar-refractivity contribution in [3.63, 3.8) is 0 Å². The van der Waals surface area contributed by atoms with Crippen LogP contribution in [0, 0.1) is 0 Å². The van der Waals surface area contributed by atoms with Crippen molar-refractivity contribution >= 4 is 5.95 Å². The molecule has 2 aromatic rings. The molecule has 0 radical (unpaired) electrons. The number of aromatic amines is 1. The Balaban J connectivity index is 2.18. The largest absolute Gasteiger partial charge is 0.493 e. The minimum atomic E-state index is -4.69. The first-order valence-corrected chi connectivity index (χ1v) is 6.47. The smallest absolute Gasteiger partial charge is 0.433 e. The number of nitrogens with zero attached hydrogens (tertiary/aromatic N) is 1. The van der Waals surface area contributed by atoms with Gasteiger partial charge in [0.1, 0.15) is 0 Å². The maximum Gasteiger partial charge on any atom is 0.433 e. The zero-order valence-electron chi connectivity index (χ0n) is 12.3. The first-order valence-electron chi connectivity index (χ1n) is 6.47. The molecule has 124 valence electrons. The van der Waals surface area contributed by atoms with Crippen molar-refractivity contribution in [2.75, 3.05) is 19.5 Å². The highest BCUT2D eigenvalue weighted by Gasteiger charge is 2.33. The summed E-state index contributed by atoms with van der Waals surface area (Å²) >= 11 is 0. The van der Waals surface area contributed by atoms with Crippen LogP contribution in [0.5, 0.6) is 11.5 Å². The predicted molar refractivity (Wildman–Crippen MR) is 76.7 cm³/mol. The molecule has 0 unspecified atom stereocenters. The van der Waals surface area contributed by atoms with E-state index in [2.05, 4.69) is 15.3 Å². The number of hydrogen-bond donors (Lipinski definition) is 2. The first kappa shape index (κ1) is 16.7. The Morgan fingerprint density at radius 1 is 1.17 bits per heavy atom. The van der Waals surface area contributed by atoms with Gasteiger partial charge < -0.3 is 14.8 Å². The van der Waals surface area contributed by atoms with Gasteiger partial charge in [0.05, 0.1) is 14.2 Å². The first-order chi connectivity index (χ1) is 10.8. The molecule has 0 saturated carbocycles. The lowest BCUT2D eigenvalue weighted by molar-refractivity contribution is -0.141. The quantitative estimate of drug-likeness (QED) is 0.881. The second kappa shape index (κ2) is 6.59. The van der Waals surface area contributed by atoms with Crippen LogP contribution in [0.4, 0.5) is 19.1 Å². The van der Waals surface area contributed by atoms with Crippen LogP contribution in [0.3, 0.4) is 0 Å². The van der Waals surface area contributed by atoms with E-state index in [0.29, 0.717) is 23.1 Å². The summed E-state index contributed by atoms with van der Waals surface area (Å²) in [6.07, 6.45) is -4.69. The molecule has 0 bridgehead atoms. The van der Waals surface area contributed by atoms with Gasteiger partial charge in [-0.25, -0.2) is 4.98 Å². The van der Waals surface area contributed by atoms with Crippen LogP contribution in [0.15, 0.2) is 29.1 Å². The molecule has 1 aromatic carbocycles. The molecule has 0 aliphatic carbocycles. The van der Waals surface area contributed by atoms with Gasteiger partial charge in [0.15, 0.2) is 17.2 Å². The third kappa shape index (κ3) is 4.15. The average molecular weight is 329 g/mol. The van der Waals surface area contributed by atoms with Gasteiger partial charge in [-0.15, -0.1) is 0 Å². The van der Waals surface area contributed by atoms with Gasteiger partial charge in [-0.1, -0.05) is 6.07 Å². The summed E-state index contributed by atoms with van der Waals surface area (Å²) in [6.45, 7) is 0.143. The SMILES string of the molecule is COc1ccc(CNc2nc(C(F)(F)F)cc(=O)[nH]2)cc1OC. The molecule has 0 atom stereocenters. The van der Waals surface area contributed by atoms with Crippen molar-refractivity contribution in [1.29, 1.82) is 0 Å². The number of methoxy groups -OCH3 is 2. The van der Waals surface area contributed by atoms with Gasteiger partial charge in [-0.3, -0.25) is 9.78 Å². The number of H-pyrrole nitrogens is 1. The summed E-state index contributed by atoms with van der Waals surface area (Å²) in [4.78, 5) is 16.8. The van der Waals surface area contributed by atoms with Crippen LogP contribution in [0.2, 0.25) is 0 Å². The van der Waals surface area contributed by atoms with E-state index in [4.69, 9.17) is 9.47 Å². The number of rotatable bonds is 5. The minimum Gasteiger partial charge on any atom is -0.493 e. The Hall–Kier alpha value is -2.71. The molecular weight excluding hydrogens is 315 g/mol. The second-order valence-electron chi connectivity index (χ2n) is 4.52. The van der Waals surface area contributed by atoms with Crippen LogP contribution >= 0.6 is 0 Å². The fourth-order valence-electron chi connectivity index (χ4n) is 1.86. The van der Waals surface area contributed by atoms with E-state index >= 15 is 0 Å². The van der Waals surface area contributed by atoms with E-state index in [9.17, 15) is 18.0 Å². The molecule has 0 spiro atoms. The number of anilines is 1. The van der Waals surface area contributed by atoms with E-state index in [1.807, 2.05) is 0 Å². The average Bonchev–Trinajstić information content (AvgIpc) is 2.51. The number of aromatic nitrogens is 2. The Morgan fingerprint density at radius 2 is 1.87 bits per heavy atom. The Morgan fingerprint density at radius 3 is 2.48 bits per heavy atom. The number of nitrogens with one attached hydrogen (secondary N) is 2. The summed E-state index contributed by atoms with van der Waals surface area (Å²) in [5, 5.41) is 2.64. The lowest BCUT2D eigenvalue weighted by Gasteiger charge is -2.11. The molecular formula is C14H14F3N3O3. The highest BCUT2D eigenvalue weighted by molar-refractivity contribution is 5.43. The molecule has 0 fully saturated rings. The van der Waals surface area contributed by atoms with Gasteiger partial charge in [0, 0.05) is 12.6 Å². The van der Waals surface area contributed by atoms with Crippen LogP contribution in [0.1, 0.15) is 11.3 Å². The van der Waals surface area contributed by atoms with E-state index in [1.165, 1.54) is 14.2 Å². The topological polar surface area (TPSA) is 76.2 Å². The third-order valence-electron chi connectivity index (χ3n) is 2.94. The van der Waals surface area contributed by atoms with Crippen LogP contribution in [-0.2, 0) is 12.7 Å². The van der Waals surface area contributed by atoms with Crippen molar-refractivity contribution in [2.45, 2.75) is 12.7 Å². The molecule has 0 saturated heterocycles. The molecule has 0 amide bonds. The molecule has 1 heterocycles.